The van der Waals surface area contributed by atoms with Crippen LogP contribution in [0.1, 0.15) is 28.7 Å². The van der Waals surface area contributed by atoms with Gasteiger partial charge in [-0.15, -0.1) is 11.3 Å². The summed E-state index contributed by atoms with van der Waals surface area (Å²) < 4.78 is 54.6. The Labute approximate surface area is 221 Å². The van der Waals surface area contributed by atoms with Gasteiger partial charge in [-0.25, -0.2) is 22.8 Å². The molecule has 2 amide bonds. The lowest BCUT2D eigenvalue weighted by Gasteiger charge is -2.16. The Kier molecular flexibility index (Phi) is 7.17. The van der Waals surface area contributed by atoms with Crippen LogP contribution in [0.15, 0.2) is 60.8 Å². The van der Waals surface area contributed by atoms with Crippen LogP contribution in [0, 0.1) is 11.8 Å². The van der Waals surface area contributed by atoms with Gasteiger partial charge >= 0.3 is 0 Å². The Bertz CT molecular complexity index is 1620. The van der Waals surface area contributed by atoms with Crippen molar-refractivity contribution in [3.63, 3.8) is 0 Å². The van der Waals surface area contributed by atoms with E-state index in [2.05, 4.69) is 20.6 Å². The second kappa shape index (κ2) is 10.5. The van der Waals surface area contributed by atoms with E-state index in [4.69, 9.17) is 0 Å². The van der Waals surface area contributed by atoms with E-state index in [0.29, 0.717) is 21.3 Å². The molecule has 196 valence electrons. The van der Waals surface area contributed by atoms with Gasteiger partial charge in [0.2, 0.25) is 17.8 Å². The molecule has 4 aromatic rings. The van der Waals surface area contributed by atoms with E-state index in [9.17, 15) is 26.8 Å². The van der Waals surface area contributed by atoms with Crippen LogP contribution in [0.3, 0.4) is 0 Å². The molecule has 0 radical (unpaired) electrons. The van der Waals surface area contributed by atoms with Gasteiger partial charge in [-0.3, -0.25) is 9.59 Å². The zero-order chi connectivity index (χ0) is 26.9. The molecule has 0 aliphatic heterocycles. The minimum absolute atomic E-state index is 0.0193. The van der Waals surface area contributed by atoms with Gasteiger partial charge in [-0.1, -0.05) is 18.2 Å². The van der Waals surface area contributed by atoms with Crippen molar-refractivity contribution in [1.29, 1.82) is 0 Å². The second-order valence-corrected chi connectivity index (χ2v) is 12.1. The van der Waals surface area contributed by atoms with Crippen LogP contribution in [0.5, 0.6) is 0 Å². The van der Waals surface area contributed by atoms with E-state index >= 15 is 0 Å². The number of carbonyl (C=O) groups is 2. The van der Waals surface area contributed by atoms with E-state index in [1.165, 1.54) is 30.5 Å². The van der Waals surface area contributed by atoms with Crippen molar-refractivity contribution >= 4 is 43.2 Å². The number of nitrogens with zero attached hydrogens (tertiary/aromatic N) is 2. The summed E-state index contributed by atoms with van der Waals surface area (Å²) in [5.74, 6) is -3.12. The first-order valence-corrected chi connectivity index (χ1v) is 14.3. The number of sulfone groups is 1. The predicted molar refractivity (Wildman–Crippen MR) is 139 cm³/mol. The number of thiazole rings is 1. The third-order valence-electron chi connectivity index (χ3n) is 5.91. The van der Waals surface area contributed by atoms with Crippen LogP contribution >= 0.6 is 11.3 Å². The minimum atomic E-state index is -4.23. The van der Waals surface area contributed by atoms with Crippen LogP contribution < -0.4 is 10.6 Å². The van der Waals surface area contributed by atoms with E-state index in [0.717, 1.165) is 30.2 Å². The quantitative estimate of drug-likeness (QED) is 0.304. The van der Waals surface area contributed by atoms with Gasteiger partial charge < -0.3 is 10.6 Å². The molecule has 1 atom stereocenters. The number of hydrogen-bond donors (Lipinski definition) is 2. The number of amides is 2. The average molecular weight is 557 g/mol. The van der Waals surface area contributed by atoms with Gasteiger partial charge in [-0.2, -0.15) is 4.39 Å². The first-order valence-electron chi connectivity index (χ1n) is 11.7. The lowest BCUT2D eigenvalue weighted by atomic mass is 10.1. The molecule has 0 spiro atoms. The van der Waals surface area contributed by atoms with Crippen LogP contribution in [0.2, 0.25) is 0 Å². The molecule has 12 heteroatoms. The Morgan fingerprint density at radius 2 is 1.84 bits per heavy atom. The van der Waals surface area contributed by atoms with Gasteiger partial charge in [-0.05, 0) is 60.4 Å². The number of nitrogens with one attached hydrogen (secondary N) is 2. The average Bonchev–Trinajstić information content (AvgIpc) is 3.58. The van der Waals surface area contributed by atoms with Crippen LogP contribution in [0.4, 0.5) is 8.78 Å². The summed E-state index contributed by atoms with van der Waals surface area (Å²) in [6.07, 6.45) is 3.11. The Hall–Kier alpha value is -3.77. The summed E-state index contributed by atoms with van der Waals surface area (Å²) in [7, 11) is -4.23. The molecule has 1 saturated carbocycles. The smallest absolute Gasteiger partial charge is 0.245 e. The zero-order valence-corrected chi connectivity index (χ0v) is 21.5. The van der Waals surface area contributed by atoms with Crippen LogP contribution in [0.25, 0.3) is 21.3 Å². The molecule has 5 rings (SSSR count). The third kappa shape index (κ3) is 6.03. The molecule has 1 fully saturated rings. The molecule has 0 saturated heterocycles. The number of carbonyl (C=O) groups excluding carboxylic acids is 2. The monoisotopic (exact) mass is 556 g/mol. The highest BCUT2D eigenvalue weighted by Crippen LogP contribution is 2.35. The van der Waals surface area contributed by atoms with Crippen molar-refractivity contribution < 1.29 is 26.8 Å². The summed E-state index contributed by atoms with van der Waals surface area (Å²) in [4.78, 5) is 33.4. The van der Waals surface area contributed by atoms with Crippen molar-refractivity contribution in [2.75, 3.05) is 6.54 Å². The number of halogens is 2. The third-order valence-corrected chi connectivity index (χ3v) is 9.03. The summed E-state index contributed by atoms with van der Waals surface area (Å²) >= 11 is 1.02. The highest BCUT2D eigenvalue weighted by Gasteiger charge is 2.37. The van der Waals surface area contributed by atoms with Crippen molar-refractivity contribution in [3.05, 3.63) is 83.1 Å². The first kappa shape index (κ1) is 25.9. The van der Waals surface area contributed by atoms with E-state index in [1.54, 1.807) is 24.3 Å². The molecule has 2 aromatic heterocycles. The fourth-order valence-corrected chi connectivity index (χ4v) is 7.07. The Morgan fingerprint density at radius 1 is 1.05 bits per heavy atom. The Balaban J connectivity index is 1.47. The van der Waals surface area contributed by atoms with E-state index < -0.39 is 44.4 Å². The molecule has 1 aliphatic rings. The van der Waals surface area contributed by atoms with Crippen molar-refractivity contribution in [2.24, 2.45) is 0 Å². The number of pyridine rings is 1. The number of rotatable bonds is 9. The van der Waals surface area contributed by atoms with Gasteiger partial charge in [0, 0.05) is 17.8 Å². The van der Waals surface area contributed by atoms with E-state index in [1.807, 2.05) is 0 Å². The second-order valence-electron chi connectivity index (χ2n) is 8.98. The fraction of sp³-hybridized carbons (Fsp3) is 0.231. The zero-order valence-electron chi connectivity index (χ0n) is 19.9. The largest absolute Gasteiger partial charge is 0.352 e. The van der Waals surface area contributed by atoms with Crippen molar-refractivity contribution in [1.82, 2.24) is 20.6 Å². The molecule has 1 unspecified atom stereocenters. The highest BCUT2D eigenvalue weighted by molar-refractivity contribution is 7.91. The van der Waals surface area contributed by atoms with Crippen molar-refractivity contribution in [2.45, 2.75) is 29.9 Å². The molecule has 1 aliphatic carbocycles. The highest BCUT2D eigenvalue weighted by atomic mass is 32.2. The molecule has 8 nitrogen and oxygen atoms in total. The first-order chi connectivity index (χ1) is 18.2. The summed E-state index contributed by atoms with van der Waals surface area (Å²) in [5, 5.41) is 3.46. The summed E-state index contributed by atoms with van der Waals surface area (Å²) in [6, 6.07) is 13.2. The predicted octanol–water partition coefficient (Wildman–Crippen LogP) is 3.69. The number of fused-ring (bicyclic) bond motifs is 1. The maximum atomic E-state index is 13.7. The van der Waals surface area contributed by atoms with Gasteiger partial charge in [0.25, 0.3) is 0 Å². The van der Waals surface area contributed by atoms with E-state index in [-0.39, 0.29) is 23.2 Å². The minimum Gasteiger partial charge on any atom is -0.352 e. The standard InChI is InChI=1S/C26H22F2N4O4S2/c27-18-3-1-2-15(10-18)14-38(35,36)24(25(34)30-13-23(33)31-19-6-7-19)26-32-20-8-4-16(11-21(20)37-26)17-5-9-22(28)29-12-17/h1-5,8-12,19,24H,6-7,13-14H2,(H,30,34)(H,31,33). The topological polar surface area (TPSA) is 118 Å². The van der Waals surface area contributed by atoms with Crippen LogP contribution in [-0.4, -0.2) is 42.8 Å². The van der Waals surface area contributed by atoms with Gasteiger partial charge in [0.1, 0.15) is 10.8 Å². The maximum Gasteiger partial charge on any atom is 0.245 e. The number of hydrogen-bond acceptors (Lipinski definition) is 7. The molecule has 2 N–H and O–H groups in total. The van der Waals surface area contributed by atoms with Crippen LogP contribution in [-0.2, 0) is 25.2 Å². The lowest BCUT2D eigenvalue weighted by molar-refractivity contribution is -0.126. The molecule has 2 aromatic carbocycles. The maximum absolute atomic E-state index is 13.7. The van der Waals surface area contributed by atoms with Gasteiger partial charge in [0.05, 0.1) is 22.5 Å². The van der Waals surface area contributed by atoms with Gasteiger partial charge in [0.15, 0.2) is 15.1 Å². The summed E-state index contributed by atoms with van der Waals surface area (Å²) in [5.41, 5.74) is 2.01. The van der Waals surface area contributed by atoms with Crippen molar-refractivity contribution in [3.8, 4) is 11.1 Å². The molecule has 2 heterocycles. The fourth-order valence-electron chi connectivity index (χ4n) is 3.92. The number of aromatic nitrogens is 2. The number of benzene rings is 2. The summed E-state index contributed by atoms with van der Waals surface area (Å²) in [6.45, 7) is -0.381. The molecular weight excluding hydrogens is 534 g/mol. The lowest BCUT2D eigenvalue weighted by Crippen LogP contribution is -2.41. The molecule has 38 heavy (non-hydrogen) atoms. The Morgan fingerprint density at radius 3 is 2.55 bits per heavy atom. The molecule has 0 bridgehead atoms. The normalized spacial score (nSPS) is 14.3. The molecular formula is C26H22F2N4O4S2. The SMILES string of the molecule is O=C(CNC(=O)C(c1nc2ccc(-c3ccc(F)nc3)cc2s1)S(=O)(=O)Cc1cccc(F)c1)NC1CC1.